The van der Waals surface area contributed by atoms with Gasteiger partial charge >= 0.3 is 5.69 Å². The molecule has 0 unspecified atom stereocenters. The molecule has 0 atom stereocenters. The number of amides is 1. The molecule has 0 radical (unpaired) electrons. The lowest BCUT2D eigenvalue weighted by Crippen LogP contribution is -2.43. The Morgan fingerprint density at radius 1 is 1.22 bits per heavy atom. The summed E-state index contributed by atoms with van der Waals surface area (Å²) in [6.07, 6.45) is 0. The number of hydrogen-bond donors (Lipinski definition) is 1. The second-order valence-electron chi connectivity index (χ2n) is 5.29. The van der Waals surface area contributed by atoms with Gasteiger partial charge in [-0.2, -0.15) is 5.10 Å². The summed E-state index contributed by atoms with van der Waals surface area (Å²) in [6, 6.07) is 3.40. The highest BCUT2D eigenvalue weighted by molar-refractivity contribution is 6.01. The zero-order valence-electron chi connectivity index (χ0n) is 14.4. The van der Waals surface area contributed by atoms with Crippen molar-refractivity contribution in [1.82, 2.24) is 34.6 Å². The lowest BCUT2D eigenvalue weighted by molar-refractivity contribution is 0.101. The highest BCUT2D eigenvalue weighted by atomic mass is 19.1. The number of carbonyl (C=O) groups is 1. The minimum Gasteiger partial charge on any atom is -0.494 e. The Kier molecular flexibility index (Phi) is 4.50. The second-order valence-corrected chi connectivity index (χ2v) is 5.29. The Hall–Kier alpha value is -3.90. The van der Waals surface area contributed by atoms with Crippen molar-refractivity contribution in [3.05, 3.63) is 50.5 Å². The molecular weight excluding hydrogens is 363 g/mol. The van der Waals surface area contributed by atoms with Gasteiger partial charge in [-0.25, -0.2) is 23.1 Å². The first-order valence-electron chi connectivity index (χ1n) is 7.41. The van der Waals surface area contributed by atoms with Crippen LogP contribution in [0, 0.1) is 5.82 Å². The normalized spacial score (nSPS) is 10.7. The van der Waals surface area contributed by atoms with Gasteiger partial charge in [0.25, 0.3) is 11.5 Å². The summed E-state index contributed by atoms with van der Waals surface area (Å²) in [5.41, 5.74) is -2.40. The summed E-state index contributed by atoms with van der Waals surface area (Å²) >= 11 is 0. The van der Waals surface area contributed by atoms with Crippen LogP contribution in [0.2, 0.25) is 0 Å². The van der Waals surface area contributed by atoms with Gasteiger partial charge < -0.3 is 4.74 Å². The molecule has 0 aliphatic heterocycles. The molecule has 3 aromatic rings. The largest absolute Gasteiger partial charge is 0.494 e. The van der Waals surface area contributed by atoms with Crippen molar-refractivity contribution >= 4 is 11.9 Å². The van der Waals surface area contributed by atoms with E-state index in [-0.39, 0.29) is 17.4 Å². The third-order valence-electron chi connectivity index (χ3n) is 3.58. The van der Waals surface area contributed by atoms with E-state index >= 15 is 0 Å². The van der Waals surface area contributed by atoms with Crippen LogP contribution < -0.4 is 21.3 Å². The number of nitrogens with zero attached hydrogens (tertiary/aromatic N) is 7. The van der Waals surface area contributed by atoms with Crippen LogP contribution >= 0.6 is 0 Å². The Balaban J connectivity index is 2.14. The molecule has 3 rings (SSSR count). The molecule has 0 saturated carbocycles. The van der Waals surface area contributed by atoms with E-state index in [1.54, 1.807) is 0 Å². The van der Waals surface area contributed by atoms with Gasteiger partial charge in [0.15, 0.2) is 11.6 Å². The van der Waals surface area contributed by atoms with Crippen LogP contribution in [0.3, 0.4) is 0 Å². The minimum absolute atomic E-state index is 0.00984. The maximum absolute atomic E-state index is 13.6. The Bertz CT molecular complexity index is 1150. The summed E-state index contributed by atoms with van der Waals surface area (Å²) < 4.78 is 21.1. The van der Waals surface area contributed by atoms with E-state index in [4.69, 9.17) is 4.74 Å². The highest BCUT2D eigenvalue weighted by Crippen LogP contribution is 2.19. The Morgan fingerprint density at radius 2 is 1.96 bits per heavy atom. The zero-order chi connectivity index (χ0) is 19.7. The number of anilines is 1. The molecule has 1 N–H and O–H groups in total. The number of methoxy groups -OCH3 is 1. The number of rotatable bonds is 4. The SMILES string of the molecule is COc1cc(-n2c(=O)c(C(=O)Nc3nnnn3C)nn(C)c2=O)ccc1F. The van der Waals surface area contributed by atoms with Gasteiger partial charge in [-0.05, 0) is 22.6 Å². The van der Waals surface area contributed by atoms with E-state index in [9.17, 15) is 18.8 Å². The smallest absolute Gasteiger partial charge is 0.351 e. The van der Waals surface area contributed by atoms with Gasteiger partial charge in [0.1, 0.15) is 0 Å². The topological polar surface area (TPSA) is 139 Å². The van der Waals surface area contributed by atoms with E-state index < -0.39 is 28.7 Å². The number of aromatic nitrogens is 7. The molecule has 0 aliphatic carbocycles. The monoisotopic (exact) mass is 376 g/mol. The van der Waals surface area contributed by atoms with Crippen molar-refractivity contribution in [2.45, 2.75) is 0 Å². The van der Waals surface area contributed by atoms with Crippen molar-refractivity contribution in [3.8, 4) is 11.4 Å². The van der Waals surface area contributed by atoms with E-state index in [0.717, 1.165) is 16.8 Å². The molecule has 1 amide bonds. The van der Waals surface area contributed by atoms with Crippen LogP contribution in [0.15, 0.2) is 27.8 Å². The van der Waals surface area contributed by atoms with Crippen LogP contribution in [-0.2, 0) is 14.1 Å². The summed E-state index contributed by atoms with van der Waals surface area (Å²) in [7, 11) is 3.98. The standard InChI is InChI=1S/C14H13FN8O4/c1-21-13(17-19-20-21)16-11(24)10-12(25)23(14(26)22(2)18-10)7-4-5-8(15)9(6-7)27-3/h4-6H,1-3H3,(H,16,17,20,24). The predicted molar refractivity (Wildman–Crippen MR) is 88.3 cm³/mol. The quantitative estimate of drug-likeness (QED) is 0.602. The first-order valence-corrected chi connectivity index (χ1v) is 7.41. The highest BCUT2D eigenvalue weighted by Gasteiger charge is 2.21. The van der Waals surface area contributed by atoms with Crippen LogP contribution in [0.1, 0.15) is 10.5 Å². The first kappa shape index (κ1) is 17.9. The van der Waals surface area contributed by atoms with Crippen molar-refractivity contribution in [3.63, 3.8) is 0 Å². The van der Waals surface area contributed by atoms with E-state index in [1.807, 2.05) is 0 Å². The zero-order valence-corrected chi connectivity index (χ0v) is 14.4. The summed E-state index contributed by atoms with van der Waals surface area (Å²) in [5.74, 6) is -1.79. The number of ether oxygens (including phenoxy) is 1. The molecule has 12 nitrogen and oxygen atoms in total. The molecule has 0 spiro atoms. The molecule has 0 fully saturated rings. The fourth-order valence-corrected chi connectivity index (χ4v) is 2.23. The molecule has 27 heavy (non-hydrogen) atoms. The van der Waals surface area contributed by atoms with Crippen molar-refractivity contribution in [2.75, 3.05) is 12.4 Å². The third kappa shape index (κ3) is 3.17. The fourth-order valence-electron chi connectivity index (χ4n) is 2.23. The number of aryl methyl sites for hydroxylation is 2. The lowest BCUT2D eigenvalue weighted by atomic mass is 10.2. The van der Waals surface area contributed by atoms with E-state index in [2.05, 4.69) is 25.9 Å². The molecule has 140 valence electrons. The molecule has 1 aromatic carbocycles. The summed E-state index contributed by atoms with van der Waals surface area (Å²) in [5, 5.41) is 16.5. The molecule has 2 heterocycles. The Morgan fingerprint density at radius 3 is 2.59 bits per heavy atom. The van der Waals surface area contributed by atoms with Crippen LogP contribution in [0.5, 0.6) is 5.75 Å². The van der Waals surface area contributed by atoms with Crippen molar-refractivity contribution in [2.24, 2.45) is 14.1 Å². The second kappa shape index (κ2) is 6.78. The van der Waals surface area contributed by atoms with Crippen LogP contribution in [0.25, 0.3) is 5.69 Å². The molecule has 0 bridgehead atoms. The van der Waals surface area contributed by atoms with Gasteiger partial charge in [-0.3, -0.25) is 14.9 Å². The third-order valence-corrected chi connectivity index (χ3v) is 3.58. The number of hydrogen-bond acceptors (Lipinski definition) is 8. The number of nitrogens with one attached hydrogen (secondary N) is 1. The molecular formula is C14H13FN8O4. The minimum atomic E-state index is -1.00. The van der Waals surface area contributed by atoms with Gasteiger partial charge in [0, 0.05) is 20.2 Å². The maximum atomic E-state index is 13.6. The number of carbonyl (C=O) groups excluding carboxylic acids is 1. The number of tetrazole rings is 1. The molecule has 0 aliphatic rings. The van der Waals surface area contributed by atoms with Crippen molar-refractivity contribution in [1.29, 1.82) is 0 Å². The molecule has 2 aromatic heterocycles. The number of halogens is 1. The summed E-state index contributed by atoms with van der Waals surface area (Å²) in [6.45, 7) is 0. The van der Waals surface area contributed by atoms with Gasteiger partial charge in [0.05, 0.1) is 12.8 Å². The van der Waals surface area contributed by atoms with Crippen LogP contribution in [-0.4, -0.2) is 47.6 Å². The average molecular weight is 376 g/mol. The average Bonchev–Trinajstić information content (AvgIpc) is 3.04. The molecule has 13 heteroatoms. The fraction of sp³-hybridized carbons (Fsp3) is 0.214. The first-order chi connectivity index (χ1) is 12.8. The van der Waals surface area contributed by atoms with E-state index in [1.165, 1.54) is 32.0 Å². The summed E-state index contributed by atoms with van der Waals surface area (Å²) in [4.78, 5) is 37.5. The molecule has 0 saturated heterocycles. The lowest BCUT2D eigenvalue weighted by Gasteiger charge is -2.10. The Labute approximate surface area is 149 Å². The van der Waals surface area contributed by atoms with Gasteiger partial charge in [0.2, 0.25) is 11.6 Å². The predicted octanol–water partition coefficient (Wildman–Crippen LogP) is -1.15. The van der Waals surface area contributed by atoms with Gasteiger partial charge in [-0.1, -0.05) is 5.10 Å². The van der Waals surface area contributed by atoms with Gasteiger partial charge in [-0.15, -0.1) is 0 Å². The van der Waals surface area contributed by atoms with Crippen molar-refractivity contribution < 1.29 is 13.9 Å². The number of benzene rings is 1. The maximum Gasteiger partial charge on any atom is 0.351 e. The van der Waals surface area contributed by atoms with E-state index in [0.29, 0.717) is 4.57 Å². The van der Waals surface area contributed by atoms with Crippen LogP contribution in [0.4, 0.5) is 10.3 Å².